The number of carbonyl (C=O) groups excluding carboxylic acids is 4. The summed E-state index contributed by atoms with van der Waals surface area (Å²) in [7, 11) is 0. The molecule has 3 rings (SSSR count). The number of hydrogen-bond acceptors (Lipinski definition) is 5. The Morgan fingerprint density at radius 3 is 2.40 bits per heavy atom. The molecule has 0 unspecified atom stereocenters. The van der Waals surface area contributed by atoms with E-state index >= 15 is 0 Å². The molecule has 8 heteroatoms. The lowest BCUT2D eigenvalue weighted by Gasteiger charge is -2.18. The fraction of sp³-hybridized carbons (Fsp3) is 0.273. The first-order chi connectivity index (χ1) is 14.3. The number of benzene rings is 2. The highest BCUT2D eigenvalue weighted by atomic mass is 16.5. The molecule has 0 saturated carbocycles. The Hall–Kier alpha value is -3.68. The van der Waals surface area contributed by atoms with Gasteiger partial charge in [-0.2, -0.15) is 0 Å². The lowest BCUT2D eigenvalue weighted by Crippen LogP contribution is -2.43. The van der Waals surface area contributed by atoms with Crippen molar-refractivity contribution in [2.45, 2.75) is 25.8 Å². The van der Waals surface area contributed by atoms with Crippen LogP contribution in [0.2, 0.25) is 0 Å². The normalized spacial score (nSPS) is 18.1. The van der Waals surface area contributed by atoms with Crippen LogP contribution in [0.1, 0.15) is 20.3 Å². The van der Waals surface area contributed by atoms with Crippen molar-refractivity contribution in [3.8, 4) is 11.1 Å². The van der Waals surface area contributed by atoms with Crippen LogP contribution < -0.4 is 10.6 Å². The summed E-state index contributed by atoms with van der Waals surface area (Å²) in [5.74, 6) is -1.86. The number of amides is 4. The van der Waals surface area contributed by atoms with Gasteiger partial charge in [0.1, 0.15) is 12.1 Å². The Balaban J connectivity index is 1.57. The molecule has 0 radical (unpaired) electrons. The lowest BCUT2D eigenvalue weighted by atomic mass is 9.99. The fourth-order valence-corrected chi connectivity index (χ4v) is 3.10. The molecule has 1 heterocycles. The van der Waals surface area contributed by atoms with E-state index in [0.717, 1.165) is 16.0 Å². The number of urea groups is 1. The van der Waals surface area contributed by atoms with Crippen LogP contribution in [0.4, 0.5) is 10.5 Å². The van der Waals surface area contributed by atoms with Gasteiger partial charge in [-0.15, -0.1) is 0 Å². The Labute approximate surface area is 174 Å². The number of rotatable bonds is 7. The number of hydrogen-bond donors (Lipinski definition) is 2. The van der Waals surface area contributed by atoms with E-state index < -0.39 is 42.5 Å². The number of nitrogens with zero attached hydrogens (tertiary/aromatic N) is 1. The second-order valence-electron chi connectivity index (χ2n) is 7.13. The zero-order valence-corrected chi connectivity index (χ0v) is 16.8. The third kappa shape index (κ3) is 4.48. The molecule has 30 heavy (non-hydrogen) atoms. The summed E-state index contributed by atoms with van der Waals surface area (Å²) in [6.45, 7) is 2.28. The van der Waals surface area contributed by atoms with Gasteiger partial charge in [-0.3, -0.25) is 19.3 Å². The lowest BCUT2D eigenvalue weighted by molar-refractivity contribution is -0.150. The Morgan fingerprint density at radius 2 is 1.73 bits per heavy atom. The van der Waals surface area contributed by atoms with Crippen LogP contribution in [0, 0.1) is 0 Å². The van der Waals surface area contributed by atoms with E-state index in [1.54, 1.807) is 26.0 Å². The molecule has 8 nitrogen and oxygen atoms in total. The molecule has 1 aliphatic heterocycles. The van der Waals surface area contributed by atoms with E-state index in [2.05, 4.69) is 10.6 Å². The highest BCUT2D eigenvalue weighted by Gasteiger charge is 2.47. The van der Waals surface area contributed by atoms with Crippen molar-refractivity contribution in [1.82, 2.24) is 10.2 Å². The van der Waals surface area contributed by atoms with E-state index in [9.17, 15) is 19.2 Å². The van der Waals surface area contributed by atoms with E-state index in [4.69, 9.17) is 4.74 Å². The van der Waals surface area contributed by atoms with Gasteiger partial charge in [0, 0.05) is 11.3 Å². The molecule has 2 aromatic carbocycles. The predicted octanol–water partition coefficient (Wildman–Crippen LogP) is 2.56. The minimum Gasteiger partial charge on any atom is -0.454 e. The van der Waals surface area contributed by atoms with Crippen LogP contribution in [0.5, 0.6) is 0 Å². The maximum atomic E-state index is 12.3. The van der Waals surface area contributed by atoms with Gasteiger partial charge in [0.15, 0.2) is 6.61 Å². The first kappa shape index (κ1) is 21.0. The molecular formula is C22H23N3O5. The number of imide groups is 1. The highest BCUT2D eigenvalue weighted by molar-refractivity contribution is 6.08. The van der Waals surface area contributed by atoms with Crippen molar-refractivity contribution in [3.63, 3.8) is 0 Å². The molecule has 2 N–H and O–H groups in total. The second-order valence-corrected chi connectivity index (χ2v) is 7.13. The SMILES string of the molecule is CC[C@@]1(C)NC(=O)N(CC(=O)OCC(=O)Nc2ccccc2-c2ccccc2)C1=O. The average Bonchev–Trinajstić information content (AvgIpc) is 2.97. The summed E-state index contributed by atoms with van der Waals surface area (Å²) >= 11 is 0. The number of anilines is 1. The molecule has 1 aliphatic rings. The summed E-state index contributed by atoms with van der Waals surface area (Å²) in [5, 5.41) is 5.28. The van der Waals surface area contributed by atoms with Gasteiger partial charge in [-0.05, 0) is 25.0 Å². The molecule has 1 saturated heterocycles. The topological polar surface area (TPSA) is 105 Å². The van der Waals surface area contributed by atoms with Gasteiger partial charge in [-0.25, -0.2) is 4.79 Å². The first-order valence-corrected chi connectivity index (χ1v) is 9.58. The van der Waals surface area contributed by atoms with Crippen molar-refractivity contribution in [2.24, 2.45) is 0 Å². The zero-order valence-electron chi connectivity index (χ0n) is 16.8. The van der Waals surface area contributed by atoms with Gasteiger partial charge in [0.2, 0.25) is 0 Å². The summed E-state index contributed by atoms with van der Waals surface area (Å²) in [6.07, 6.45) is 0.395. The Bertz CT molecular complexity index is 976. The van der Waals surface area contributed by atoms with E-state index in [0.29, 0.717) is 12.1 Å². The van der Waals surface area contributed by atoms with Crippen LogP contribution in [-0.2, 0) is 19.1 Å². The van der Waals surface area contributed by atoms with Crippen LogP contribution in [0.15, 0.2) is 54.6 Å². The van der Waals surface area contributed by atoms with Crippen molar-refractivity contribution < 1.29 is 23.9 Å². The van der Waals surface area contributed by atoms with Crippen LogP contribution >= 0.6 is 0 Å². The number of para-hydroxylation sites is 1. The minimum atomic E-state index is -1.03. The largest absolute Gasteiger partial charge is 0.454 e. The monoisotopic (exact) mass is 409 g/mol. The van der Waals surface area contributed by atoms with Crippen molar-refractivity contribution >= 4 is 29.5 Å². The summed E-state index contributed by atoms with van der Waals surface area (Å²) < 4.78 is 4.96. The molecule has 4 amide bonds. The van der Waals surface area contributed by atoms with Crippen LogP contribution in [-0.4, -0.2) is 47.4 Å². The molecular weight excluding hydrogens is 386 g/mol. The maximum absolute atomic E-state index is 12.3. The first-order valence-electron chi connectivity index (χ1n) is 9.58. The molecule has 156 valence electrons. The molecule has 0 aromatic heterocycles. The molecule has 0 aliphatic carbocycles. The molecule has 1 atom stereocenters. The van der Waals surface area contributed by atoms with E-state index in [-0.39, 0.29) is 0 Å². The zero-order chi connectivity index (χ0) is 21.7. The standard InChI is InChI=1S/C22H23N3O5/c1-3-22(2)20(28)25(21(29)24-22)13-19(27)30-14-18(26)23-17-12-8-7-11-16(17)15-9-5-4-6-10-15/h4-12H,3,13-14H2,1-2H3,(H,23,26)(H,24,29)/t22-/m1/s1. The Kier molecular flexibility index (Phi) is 6.15. The van der Waals surface area contributed by atoms with Crippen molar-refractivity contribution in [1.29, 1.82) is 0 Å². The second kappa shape index (κ2) is 8.77. The highest BCUT2D eigenvalue weighted by Crippen LogP contribution is 2.27. The minimum absolute atomic E-state index is 0.395. The quantitative estimate of drug-likeness (QED) is 0.540. The summed E-state index contributed by atoms with van der Waals surface area (Å²) in [6, 6.07) is 16.2. The predicted molar refractivity (Wildman–Crippen MR) is 110 cm³/mol. The van der Waals surface area contributed by atoms with Crippen LogP contribution in [0.25, 0.3) is 11.1 Å². The molecule has 1 fully saturated rings. The van der Waals surface area contributed by atoms with Gasteiger partial charge >= 0.3 is 12.0 Å². The number of carbonyl (C=O) groups is 4. The number of nitrogens with one attached hydrogen (secondary N) is 2. The third-order valence-corrected chi connectivity index (χ3v) is 4.99. The van der Waals surface area contributed by atoms with Gasteiger partial charge in [0.25, 0.3) is 11.8 Å². The van der Waals surface area contributed by atoms with Gasteiger partial charge in [-0.1, -0.05) is 55.5 Å². The number of esters is 1. The summed E-state index contributed by atoms with van der Waals surface area (Å²) in [5.41, 5.74) is 1.31. The summed E-state index contributed by atoms with van der Waals surface area (Å²) in [4.78, 5) is 49.4. The molecule has 0 bridgehead atoms. The fourth-order valence-electron chi connectivity index (χ4n) is 3.10. The van der Waals surface area contributed by atoms with Gasteiger partial charge < -0.3 is 15.4 Å². The van der Waals surface area contributed by atoms with Crippen LogP contribution in [0.3, 0.4) is 0 Å². The maximum Gasteiger partial charge on any atom is 0.326 e. The van der Waals surface area contributed by atoms with Crippen molar-refractivity contribution in [2.75, 3.05) is 18.5 Å². The smallest absolute Gasteiger partial charge is 0.326 e. The van der Waals surface area contributed by atoms with Gasteiger partial charge in [0.05, 0.1) is 0 Å². The molecule has 2 aromatic rings. The average molecular weight is 409 g/mol. The van der Waals surface area contributed by atoms with E-state index in [1.807, 2.05) is 42.5 Å². The Morgan fingerprint density at radius 1 is 1.07 bits per heavy atom. The van der Waals surface area contributed by atoms with E-state index in [1.165, 1.54) is 0 Å². The molecule has 0 spiro atoms. The van der Waals surface area contributed by atoms with Crippen molar-refractivity contribution in [3.05, 3.63) is 54.6 Å². The third-order valence-electron chi connectivity index (χ3n) is 4.99. The number of ether oxygens (including phenoxy) is 1.